The number of hydrogen-bond donors (Lipinski definition) is 1. The summed E-state index contributed by atoms with van der Waals surface area (Å²) in [5.74, 6) is -0.857. The fourth-order valence-corrected chi connectivity index (χ4v) is 2.77. The molecule has 3 rings (SSSR count). The quantitative estimate of drug-likeness (QED) is 0.839. The lowest BCUT2D eigenvalue weighted by molar-refractivity contribution is -0.137. The monoisotopic (exact) mass is 257 g/mol. The summed E-state index contributed by atoms with van der Waals surface area (Å²) in [6.07, 6.45) is 0. The highest BCUT2D eigenvalue weighted by Gasteiger charge is 2.23. The summed E-state index contributed by atoms with van der Waals surface area (Å²) in [4.78, 5) is 13.2. The minimum atomic E-state index is -0.857. The third-order valence-corrected chi connectivity index (χ3v) is 3.67. The second kappa shape index (κ2) is 4.07. The molecule has 0 unspecified atom stereocenters. The molecule has 0 aromatic heterocycles. The summed E-state index contributed by atoms with van der Waals surface area (Å²) in [5.41, 5.74) is 2.10. The van der Waals surface area contributed by atoms with Gasteiger partial charge in [0.05, 0.1) is 0 Å². The molecule has 0 fully saturated rings. The van der Waals surface area contributed by atoms with Crippen LogP contribution in [0.3, 0.4) is 0 Å². The van der Waals surface area contributed by atoms with E-state index in [-0.39, 0.29) is 6.54 Å². The van der Waals surface area contributed by atoms with E-state index in [1.807, 2.05) is 24.3 Å². The number of carboxylic acid groups (broad SMARTS) is 1. The number of hydrogen-bond acceptors (Lipinski definition) is 2. The highest BCUT2D eigenvalue weighted by molar-refractivity contribution is 7.80. The van der Waals surface area contributed by atoms with E-state index in [0.717, 1.165) is 21.9 Å². The maximum atomic E-state index is 10.9. The Bertz CT molecular complexity index is 661. The molecule has 18 heavy (non-hydrogen) atoms. The summed E-state index contributed by atoms with van der Waals surface area (Å²) in [7, 11) is 0. The Morgan fingerprint density at radius 2 is 2.00 bits per heavy atom. The van der Waals surface area contributed by atoms with Crippen molar-refractivity contribution in [2.24, 2.45) is 0 Å². The molecular formula is C14H11NO2S. The molecule has 1 heterocycles. The van der Waals surface area contributed by atoms with E-state index < -0.39 is 5.97 Å². The molecule has 0 bridgehead atoms. The number of aliphatic carboxylic acids is 1. The van der Waals surface area contributed by atoms with Gasteiger partial charge in [-0.15, -0.1) is 0 Å². The van der Waals surface area contributed by atoms with Crippen molar-refractivity contribution in [2.75, 3.05) is 6.54 Å². The number of benzene rings is 2. The first-order valence-electron chi connectivity index (χ1n) is 5.68. The van der Waals surface area contributed by atoms with Gasteiger partial charge in [0.1, 0.15) is 11.5 Å². The second-order valence-electron chi connectivity index (χ2n) is 4.38. The van der Waals surface area contributed by atoms with Crippen LogP contribution in [0.1, 0.15) is 11.1 Å². The van der Waals surface area contributed by atoms with Crippen molar-refractivity contribution in [1.82, 2.24) is 4.90 Å². The molecule has 0 saturated heterocycles. The number of thiocarbonyl (C=S) groups is 1. The predicted molar refractivity (Wildman–Crippen MR) is 73.7 cm³/mol. The maximum Gasteiger partial charge on any atom is 0.323 e. The van der Waals surface area contributed by atoms with Gasteiger partial charge in [0.15, 0.2) is 0 Å². The van der Waals surface area contributed by atoms with Crippen molar-refractivity contribution in [1.29, 1.82) is 0 Å². The van der Waals surface area contributed by atoms with Gasteiger partial charge in [0.2, 0.25) is 0 Å². The number of carboxylic acids is 1. The van der Waals surface area contributed by atoms with E-state index in [2.05, 4.69) is 12.1 Å². The zero-order valence-electron chi connectivity index (χ0n) is 9.59. The Morgan fingerprint density at radius 3 is 2.72 bits per heavy atom. The Kier molecular flexibility index (Phi) is 2.52. The number of carbonyl (C=O) groups is 1. The average Bonchev–Trinajstić information content (AvgIpc) is 2.35. The fourth-order valence-electron chi connectivity index (χ4n) is 2.47. The van der Waals surface area contributed by atoms with Crippen molar-refractivity contribution in [3.63, 3.8) is 0 Å². The van der Waals surface area contributed by atoms with Gasteiger partial charge in [0.25, 0.3) is 0 Å². The van der Waals surface area contributed by atoms with Gasteiger partial charge < -0.3 is 10.0 Å². The van der Waals surface area contributed by atoms with Crippen LogP contribution in [0.25, 0.3) is 10.8 Å². The normalized spacial score (nSPS) is 14.0. The molecule has 2 aromatic rings. The van der Waals surface area contributed by atoms with Crippen LogP contribution in [0.15, 0.2) is 36.4 Å². The molecule has 4 heteroatoms. The standard InChI is InChI=1S/C14H11NO2S/c16-12(17)8-15-7-10-5-1-3-9-4-2-6-11(13(9)10)14(15)18/h1-6H,7-8H2,(H,16,17). The lowest BCUT2D eigenvalue weighted by Gasteiger charge is -2.30. The van der Waals surface area contributed by atoms with Crippen LogP contribution in [0.5, 0.6) is 0 Å². The Morgan fingerprint density at radius 1 is 1.28 bits per heavy atom. The second-order valence-corrected chi connectivity index (χ2v) is 4.76. The summed E-state index contributed by atoms with van der Waals surface area (Å²) < 4.78 is 0. The number of rotatable bonds is 2. The molecule has 1 N–H and O–H groups in total. The zero-order valence-corrected chi connectivity index (χ0v) is 10.4. The van der Waals surface area contributed by atoms with Crippen molar-refractivity contribution in [2.45, 2.75) is 6.54 Å². The Labute approximate surface area is 110 Å². The summed E-state index contributed by atoms with van der Waals surface area (Å²) in [6, 6.07) is 12.0. The molecule has 0 spiro atoms. The number of nitrogens with zero attached hydrogens (tertiary/aromatic N) is 1. The molecular weight excluding hydrogens is 246 g/mol. The summed E-state index contributed by atoms with van der Waals surface area (Å²) in [5, 5.41) is 11.2. The van der Waals surface area contributed by atoms with Crippen LogP contribution in [-0.2, 0) is 11.3 Å². The minimum absolute atomic E-state index is 0.0520. The molecule has 0 amide bonds. The van der Waals surface area contributed by atoms with Gasteiger partial charge in [0, 0.05) is 12.1 Å². The summed E-state index contributed by atoms with van der Waals surface area (Å²) >= 11 is 5.40. The van der Waals surface area contributed by atoms with Crippen LogP contribution < -0.4 is 0 Å². The van der Waals surface area contributed by atoms with Crippen LogP contribution in [0.4, 0.5) is 0 Å². The van der Waals surface area contributed by atoms with Gasteiger partial charge in [-0.2, -0.15) is 0 Å². The van der Waals surface area contributed by atoms with Crippen molar-refractivity contribution < 1.29 is 9.90 Å². The highest BCUT2D eigenvalue weighted by atomic mass is 32.1. The van der Waals surface area contributed by atoms with E-state index in [4.69, 9.17) is 17.3 Å². The summed E-state index contributed by atoms with van der Waals surface area (Å²) in [6.45, 7) is 0.517. The van der Waals surface area contributed by atoms with E-state index in [9.17, 15) is 4.79 Å². The molecule has 0 radical (unpaired) electrons. The van der Waals surface area contributed by atoms with Gasteiger partial charge in [-0.25, -0.2) is 0 Å². The first kappa shape index (κ1) is 11.2. The molecule has 0 saturated carbocycles. The van der Waals surface area contributed by atoms with E-state index >= 15 is 0 Å². The van der Waals surface area contributed by atoms with E-state index in [1.54, 1.807) is 4.90 Å². The first-order chi connectivity index (χ1) is 8.66. The third-order valence-electron chi connectivity index (χ3n) is 3.20. The predicted octanol–water partition coefficient (Wildman–Crippen LogP) is 2.42. The molecule has 0 atom stereocenters. The molecule has 2 aromatic carbocycles. The molecule has 0 aliphatic carbocycles. The van der Waals surface area contributed by atoms with E-state index in [0.29, 0.717) is 11.5 Å². The first-order valence-corrected chi connectivity index (χ1v) is 6.09. The van der Waals surface area contributed by atoms with Gasteiger partial charge in [-0.1, -0.05) is 48.6 Å². The zero-order chi connectivity index (χ0) is 12.7. The van der Waals surface area contributed by atoms with Crippen molar-refractivity contribution in [3.05, 3.63) is 47.5 Å². The topological polar surface area (TPSA) is 40.5 Å². The fraction of sp³-hybridized carbons (Fsp3) is 0.143. The SMILES string of the molecule is O=C(O)CN1Cc2cccc3cccc(c23)C1=S. The molecule has 1 aliphatic heterocycles. The van der Waals surface area contributed by atoms with Crippen molar-refractivity contribution in [3.8, 4) is 0 Å². The minimum Gasteiger partial charge on any atom is -0.480 e. The average molecular weight is 257 g/mol. The van der Waals surface area contributed by atoms with Crippen LogP contribution in [-0.4, -0.2) is 27.5 Å². The Hall–Kier alpha value is -1.94. The van der Waals surface area contributed by atoms with Crippen LogP contribution >= 0.6 is 12.2 Å². The van der Waals surface area contributed by atoms with Gasteiger partial charge >= 0.3 is 5.97 Å². The van der Waals surface area contributed by atoms with Crippen molar-refractivity contribution >= 4 is 33.9 Å². The lowest BCUT2D eigenvalue weighted by Crippen LogP contribution is -2.37. The maximum absolute atomic E-state index is 10.9. The molecule has 90 valence electrons. The lowest BCUT2D eigenvalue weighted by atomic mass is 9.95. The van der Waals surface area contributed by atoms with Gasteiger partial charge in [-0.05, 0) is 16.3 Å². The smallest absolute Gasteiger partial charge is 0.323 e. The van der Waals surface area contributed by atoms with Gasteiger partial charge in [-0.3, -0.25) is 4.79 Å². The third kappa shape index (κ3) is 1.66. The highest BCUT2D eigenvalue weighted by Crippen LogP contribution is 2.30. The molecule has 3 nitrogen and oxygen atoms in total. The van der Waals surface area contributed by atoms with Crippen LogP contribution in [0, 0.1) is 0 Å². The Balaban J connectivity index is 2.18. The van der Waals surface area contributed by atoms with Crippen LogP contribution in [0.2, 0.25) is 0 Å². The molecule has 1 aliphatic rings. The van der Waals surface area contributed by atoms with E-state index in [1.165, 1.54) is 0 Å². The largest absolute Gasteiger partial charge is 0.480 e.